The summed E-state index contributed by atoms with van der Waals surface area (Å²) in [4.78, 5) is 27.4. The van der Waals surface area contributed by atoms with Gasteiger partial charge in [0.1, 0.15) is 11.6 Å². The number of rotatable bonds is 2. The molecule has 1 aliphatic rings. The van der Waals surface area contributed by atoms with Crippen LogP contribution in [0.2, 0.25) is 0 Å². The minimum absolute atomic E-state index is 0.208. The number of nitrogens with zero attached hydrogens (tertiary/aromatic N) is 1. The van der Waals surface area contributed by atoms with Gasteiger partial charge in [0.05, 0.1) is 12.2 Å². The molecule has 2 aromatic carbocycles. The van der Waals surface area contributed by atoms with Crippen LogP contribution in [-0.4, -0.2) is 21.2 Å². The Morgan fingerprint density at radius 1 is 1.12 bits per heavy atom. The normalized spacial score (nSPS) is 16.3. The zero-order valence-corrected chi connectivity index (χ0v) is 14.4. The van der Waals surface area contributed by atoms with Gasteiger partial charge in [-0.1, -0.05) is 42.5 Å². The van der Waals surface area contributed by atoms with E-state index in [9.17, 15) is 14.7 Å². The standard InChI is InChI=1S/C20H19N3O3/c1-12-6-2-5-9-15(12)23-19(25)16(18(24)22-20(23)26)17-14-8-4-3-7-13(14)10-11-21-17/h2-9,17,21,25H,10-11H2,1H3,(H,22,24,26)/p+1/t17-/m0/s1. The van der Waals surface area contributed by atoms with Crippen molar-refractivity contribution in [1.82, 2.24) is 9.55 Å². The number of aromatic nitrogens is 2. The summed E-state index contributed by atoms with van der Waals surface area (Å²) in [5.41, 5.74) is 2.56. The van der Waals surface area contributed by atoms with Crippen molar-refractivity contribution in [2.45, 2.75) is 19.4 Å². The van der Waals surface area contributed by atoms with Crippen LogP contribution in [0, 0.1) is 6.92 Å². The molecule has 0 fully saturated rings. The highest BCUT2D eigenvalue weighted by molar-refractivity contribution is 5.46. The summed E-state index contributed by atoms with van der Waals surface area (Å²) in [5.74, 6) is -0.300. The first-order valence-corrected chi connectivity index (χ1v) is 8.63. The van der Waals surface area contributed by atoms with Gasteiger partial charge in [-0.3, -0.25) is 9.78 Å². The number of aromatic hydroxyl groups is 1. The molecule has 6 heteroatoms. The monoisotopic (exact) mass is 350 g/mol. The number of benzene rings is 2. The zero-order chi connectivity index (χ0) is 18.3. The highest BCUT2D eigenvalue weighted by atomic mass is 16.3. The van der Waals surface area contributed by atoms with Gasteiger partial charge < -0.3 is 10.4 Å². The minimum atomic E-state index is -0.644. The second-order valence-corrected chi connectivity index (χ2v) is 6.57. The number of quaternary nitrogens is 1. The third-order valence-corrected chi connectivity index (χ3v) is 4.99. The summed E-state index contributed by atoms with van der Waals surface area (Å²) in [5, 5.41) is 13.0. The third kappa shape index (κ3) is 2.55. The van der Waals surface area contributed by atoms with Crippen molar-refractivity contribution in [2.24, 2.45) is 0 Å². The molecular weight excluding hydrogens is 330 g/mol. The Hall–Kier alpha value is -3.12. The average Bonchev–Trinajstić information content (AvgIpc) is 2.63. The first kappa shape index (κ1) is 16.4. The molecule has 0 unspecified atom stereocenters. The van der Waals surface area contributed by atoms with E-state index in [0.717, 1.165) is 29.7 Å². The molecule has 0 saturated heterocycles. The molecule has 1 aliphatic heterocycles. The lowest BCUT2D eigenvalue weighted by Gasteiger charge is -2.24. The summed E-state index contributed by atoms with van der Waals surface area (Å²) in [6, 6.07) is 14.8. The Morgan fingerprint density at radius 3 is 2.65 bits per heavy atom. The smallest absolute Gasteiger partial charge is 0.335 e. The Bertz CT molecular complexity index is 1100. The van der Waals surface area contributed by atoms with Crippen LogP contribution in [0.4, 0.5) is 0 Å². The zero-order valence-electron chi connectivity index (χ0n) is 14.4. The average molecular weight is 350 g/mol. The van der Waals surface area contributed by atoms with E-state index in [0.29, 0.717) is 5.69 Å². The van der Waals surface area contributed by atoms with Gasteiger partial charge in [-0.25, -0.2) is 9.36 Å². The molecule has 4 N–H and O–H groups in total. The molecule has 26 heavy (non-hydrogen) atoms. The molecule has 0 radical (unpaired) electrons. The fourth-order valence-electron chi connectivity index (χ4n) is 3.73. The maximum absolute atomic E-state index is 12.6. The number of fused-ring (bicyclic) bond motifs is 1. The van der Waals surface area contributed by atoms with E-state index in [1.54, 1.807) is 12.1 Å². The van der Waals surface area contributed by atoms with Crippen LogP contribution in [0.15, 0.2) is 58.1 Å². The summed E-state index contributed by atoms with van der Waals surface area (Å²) >= 11 is 0. The lowest BCUT2D eigenvalue weighted by Crippen LogP contribution is -2.87. The van der Waals surface area contributed by atoms with Crippen molar-refractivity contribution >= 4 is 0 Å². The molecule has 0 aliphatic carbocycles. The molecule has 0 amide bonds. The quantitative estimate of drug-likeness (QED) is 0.637. The van der Waals surface area contributed by atoms with E-state index >= 15 is 0 Å². The molecule has 0 spiro atoms. The number of aryl methyl sites for hydroxylation is 1. The van der Waals surface area contributed by atoms with Crippen molar-refractivity contribution in [2.75, 3.05) is 6.54 Å². The van der Waals surface area contributed by atoms with Gasteiger partial charge in [-0.05, 0) is 24.1 Å². The van der Waals surface area contributed by atoms with Gasteiger partial charge in [0.25, 0.3) is 5.56 Å². The lowest BCUT2D eigenvalue weighted by molar-refractivity contribution is -0.690. The molecule has 1 atom stereocenters. The van der Waals surface area contributed by atoms with Crippen molar-refractivity contribution in [3.8, 4) is 11.6 Å². The molecule has 1 aromatic heterocycles. The largest absolute Gasteiger partial charge is 0.494 e. The summed E-state index contributed by atoms with van der Waals surface area (Å²) in [6.45, 7) is 2.66. The van der Waals surface area contributed by atoms with Crippen LogP contribution in [-0.2, 0) is 6.42 Å². The number of nitrogens with two attached hydrogens (primary N) is 1. The van der Waals surface area contributed by atoms with Gasteiger partial charge in [0, 0.05) is 12.0 Å². The van der Waals surface area contributed by atoms with Gasteiger partial charge in [0.2, 0.25) is 5.88 Å². The number of hydrogen-bond acceptors (Lipinski definition) is 3. The molecule has 0 bridgehead atoms. The van der Waals surface area contributed by atoms with E-state index in [-0.39, 0.29) is 17.5 Å². The number of hydrogen-bond donors (Lipinski definition) is 3. The van der Waals surface area contributed by atoms with Gasteiger partial charge >= 0.3 is 5.69 Å². The van der Waals surface area contributed by atoms with Crippen molar-refractivity contribution in [3.05, 3.63) is 91.6 Å². The highest BCUT2D eigenvalue weighted by Gasteiger charge is 2.31. The van der Waals surface area contributed by atoms with Gasteiger partial charge in [-0.15, -0.1) is 0 Å². The van der Waals surface area contributed by atoms with Crippen molar-refractivity contribution in [3.63, 3.8) is 0 Å². The van der Waals surface area contributed by atoms with Crippen LogP contribution in [0.25, 0.3) is 5.69 Å². The molecule has 132 valence electrons. The minimum Gasteiger partial charge on any atom is -0.494 e. The molecule has 2 heterocycles. The lowest BCUT2D eigenvalue weighted by atomic mass is 9.90. The number of aromatic amines is 1. The maximum Gasteiger partial charge on any atom is 0.335 e. The Labute approximate surface area is 149 Å². The van der Waals surface area contributed by atoms with Crippen LogP contribution in [0.5, 0.6) is 5.88 Å². The Balaban J connectivity index is 1.98. The Kier molecular flexibility index (Phi) is 3.97. The highest BCUT2D eigenvalue weighted by Crippen LogP contribution is 2.28. The fourth-order valence-corrected chi connectivity index (χ4v) is 3.73. The van der Waals surface area contributed by atoms with E-state index in [4.69, 9.17) is 0 Å². The number of H-pyrrole nitrogens is 1. The second-order valence-electron chi connectivity index (χ2n) is 6.57. The van der Waals surface area contributed by atoms with Crippen LogP contribution in [0.3, 0.4) is 0 Å². The summed E-state index contributed by atoms with van der Waals surface area (Å²) < 4.78 is 1.18. The van der Waals surface area contributed by atoms with E-state index in [2.05, 4.69) is 4.98 Å². The molecule has 4 rings (SSSR count). The molecule has 6 nitrogen and oxygen atoms in total. The Morgan fingerprint density at radius 2 is 1.85 bits per heavy atom. The molecule has 3 aromatic rings. The predicted molar refractivity (Wildman–Crippen MR) is 97.8 cm³/mol. The number of para-hydroxylation sites is 1. The van der Waals surface area contributed by atoms with Crippen LogP contribution < -0.4 is 16.6 Å². The SMILES string of the molecule is Cc1ccccc1-n1c(O)c([C@H]2[NH2+]CCc3ccccc32)c(=O)[nH]c1=O. The summed E-state index contributed by atoms with van der Waals surface area (Å²) in [7, 11) is 0. The van der Waals surface area contributed by atoms with E-state index in [1.165, 1.54) is 4.57 Å². The van der Waals surface area contributed by atoms with Gasteiger partial charge in [0.15, 0.2) is 0 Å². The topological polar surface area (TPSA) is 91.7 Å². The van der Waals surface area contributed by atoms with E-state index < -0.39 is 11.2 Å². The summed E-state index contributed by atoms with van der Waals surface area (Å²) in [6.07, 6.45) is 0.906. The number of nitrogens with one attached hydrogen (secondary N) is 1. The van der Waals surface area contributed by atoms with Crippen molar-refractivity contribution in [1.29, 1.82) is 0 Å². The maximum atomic E-state index is 12.6. The third-order valence-electron chi connectivity index (χ3n) is 4.99. The fraction of sp³-hybridized carbons (Fsp3) is 0.200. The van der Waals surface area contributed by atoms with Gasteiger partial charge in [-0.2, -0.15) is 0 Å². The predicted octanol–water partition coefficient (Wildman–Crippen LogP) is 0.749. The second kappa shape index (κ2) is 6.31. The first-order chi connectivity index (χ1) is 12.6. The first-order valence-electron chi connectivity index (χ1n) is 8.63. The van der Waals surface area contributed by atoms with Crippen LogP contribution >= 0.6 is 0 Å². The van der Waals surface area contributed by atoms with Crippen LogP contribution in [0.1, 0.15) is 28.3 Å². The van der Waals surface area contributed by atoms with Crippen molar-refractivity contribution < 1.29 is 10.4 Å². The van der Waals surface area contributed by atoms with E-state index in [1.807, 2.05) is 48.6 Å². The molecule has 0 saturated carbocycles. The molecular formula is C20H20N3O3+.